The van der Waals surface area contributed by atoms with Crippen molar-refractivity contribution in [3.05, 3.63) is 56.3 Å². The number of aromatic amines is 1. The summed E-state index contributed by atoms with van der Waals surface area (Å²) in [5, 5.41) is 19.2. The van der Waals surface area contributed by atoms with Crippen LogP contribution in [0, 0.1) is 11.3 Å². The molecule has 2 aromatic heterocycles. The molecule has 0 aliphatic rings. The van der Waals surface area contributed by atoms with Crippen LogP contribution in [-0.4, -0.2) is 21.6 Å². The maximum atomic E-state index is 12.2. The second-order valence-corrected chi connectivity index (χ2v) is 8.00. The van der Waals surface area contributed by atoms with Gasteiger partial charge in [-0.1, -0.05) is 28.1 Å². The molecule has 0 unspecified atom stereocenters. The normalized spacial score (nSPS) is 10.7. The highest BCUT2D eigenvalue weighted by molar-refractivity contribution is 9.10. The maximum absolute atomic E-state index is 12.2. The van der Waals surface area contributed by atoms with Crippen LogP contribution in [0.1, 0.15) is 15.9 Å². The minimum atomic E-state index is -0.475. The SMILES string of the molecule is N#Cc1c(SCC(=O)c2ccc(Br)cc2)sc2c(O)cc(=O)[nH]c12. The molecule has 2 N–H and O–H groups in total. The molecular weight excluding hydrogens is 412 g/mol. The Morgan fingerprint density at radius 1 is 1.38 bits per heavy atom. The first-order valence-corrected chi connectivity index (χ1v) is 9.29. The zero-order valence-electron chi connectivity index (χ0n) is 12.0. The number of aromatic nitrogens is 1. The number of fused-ring (bicyclic) bond motifs is 1. The van der Waals surface area contributed by atoms with E-state index in [4.69, 9.17) is 0 Å². The lowest BCUT2D eigenvalue weighted by atomic mass is 10.2. The van der Waals surface area contributed by atoms with Gasteiger partial charge in [-0.3, -0.25) is 9.59 Å². The van der Waals surface area contributed by atoms with Gasteiger partial charge in [0.25, 0.3) is 5.56 Å². The number of carbonyl (C=O) groups is 1. The van der Waals surface area contributed by atoms with Gasteiger partial charge < -0.3 is 10.1 Å². The number of hydrogen-bond donors (Lipinski definition) is 2. The van der Waals surface area contributed by atoms with Gasteiger partial charge in [-0.15, -0.1) is 23.1 Å². The minimum absolute atomic E-state index is 0.0634. The fourth-order valence-corrected chi connectivity index (χ4v) is 4.61. The molecule has 3 aromatic rings. The monoisotopic (exact) mass is 420 g/mol. The van der Waals surface area contributed by atoms with E-state index in [1.165, 1.54) is 23.1 Å². The van der Waals surface area contributed by atoms with Gasteiger partial charge in [0, 0.05) is 16.1 Å². The summed E-state index contributed by atoms with van der Waals surface area (Å²) in [6.07, 6.45) is 0. The first-order valence-electron chi connectivity index (χ1n) is 6.70. The third kappa shape index (κ3) is 3.24. The molecule has 0 spiro atoms. The Morgan fingerprint density at radius 3 is 2.75 bits per heavy atom. The lowest BCUT2D eigenvalue weighted by Crippen LogP contribution is -2.03. The van der Waals surface area contributed by atoms with Gasteiger partial charge in [0.15, 0.2) is 5.78 Å². The van der Waals surface area contributed by atoms with Crippen LogP contribution < -0.4 is 5.56 Å². The summed E-state index contributed by atoms with van der Waals surface area (Å²) in [6.45, 7) is 0. The van der Waals surface area contributed by atoms with Crippen molar-refractivity contribution in [2.24, 2.45) is 0 Å². The smallest absolute Gasteiger partial charge is 0.252 e. The van der Waals surface area contributed by atoms with E-state index in [1.54, 1.807) is 24.3 Å². The van der Waals surface area contributed by atoms with Gasteiger partial charge in [0.2, 0.25) is 0 Å². The average Bonchev–Trinajstić information content (AvgIpc) is 2.91. The van der Waals surface area contributed by atoms with Crippen LogP contribution in [0.15, 0.2) is 43.8 Å². The Hall–Kier alpha value is -2.08. The Morgan fingerprint density at radius 2 is 2.08 bits per heavy atom. The molecule has 0 saturated heterocycles. The number of H-pyrrole nitrogens is 1. The number of nitrogens with one attached hydrogen (secondary N) is 1. The van der Waals surface area contributed by atoms with Crippen LogP contribution in [-0.2, 0) is 0 Å². The fourth-order valence-electron chi connectivity index (χ4n) is 2.11. The molecule has 0 saturated carbocycles. The molecule has 0 aliphatic heterocycles. The standard InChI is InChI=1S/C16H9BrN2O3S2/c17-9-3-1-8(2-4-9)12(21)7-23-16-10(6-18)14-15(24-16)11(20)5-13(22)19-14/h1-5H,7H2,(H2,19,20,22). The predicted octanol–water partition coefficient (Wildman–Crippen LogP) is 3.90. The molecule has 0 bridgehead atoms. The molecule has 0 atom stereocenters. The maximum Gasteiger partial charge on any atom is 0.252 e. The molecule has 2 heterocycles. The zero-order valence-corrected chi connectivity index (χ0v) is 15.2. The third-order valence-corrected chi connectivity index (χ3v) is 6.25. The Balaban J connectivity index is 1.89. The molecular formula is C16H9BrN2O3S2. The van der Waals surface area contributed by atoms with Crippen molar-refractivity contribution < 1.29 is 9.90 Å². The Bertz CT molecular complexity index is 1030. The van der Waals surface area contributed by atoms with E-state index in [0.29, 0.717) is 20.0 Å². The summed E-state index contributed by atoms with van der Waals surface area (Å²) in [5.74, 6) is -0.0680. The van der Waals surface area contributed by atoms with Crippen molar-refractivity contribution in [3.8, 4) is 11.8 Å². The molecule has 120 valence electrons. The lowest BCUT2D eigenvalue weighted by Gasteiger charge is -2.00. The molecule has 0 fully saturated rings. The number of hydrogen-bond acceptors (Lipinski definition) is 6. The van der Waals surface area contributed by atoms with Gasteiger partial charge in [0.1, 0.15) is 17.4 Å². The third-order valence-electron chi connectivity index (χ3n) is 3.24. The van der Waals surface area contributed by atoms with Crippen LogP contribution >= 0.6 is 39.0 Å². The first-order chi connectivity index (χ1) is 11.5. The molecule has 0 radical (unpaired) electrons. The highest BCUT2D eigenvalue weighted by Gasteiger charge is 2.18. The average molecular weight is 421 g/mol. The topological polar surface area (TPSA) is 93.9 Å². The van der Waals surface area contributed by atoms with E-state index in [-0.39, 0.29) is 22.8 Å². The second-order valence-electron chi connectivity index (χ2n) is 4.82. The number of thioether (sulfide) groups is 1. The molecule has 5 nitrogen and oxygen atoms in total. The van der Waals surface area contributed by atoms with Gasteiger partial charge in [-0.05, 0) is 12.1 Å². The van der Waals surface area contributed by atoms with Crippen molar-refractivity contribution in [2.45, 2.75) is 4.21 Å². The van der Waals surface area contributed by atoms with Crippen LogP contribution in [0.5, 0.6) is 5.75 Å². The number of carbonyl (C=O) groups excluding carboxylic acids is 1. The van der Waals surface area contributed by atoms with E-state index >= 15 is 0 Å². The number of aromatic hydroxyl groups is 1. The number of nitrogens with zero attached hydrogens (tertiary/aromatic N) is 1. The number of nitriles is 1. The highest BCUT2D eigenvalue weighted by atomic mass is 79.9. The van der Waals surface area contributed by atoms with Gasteiger partial charge >= 0.3 is 0 Å². The van der Waals surface area contributed by atoms with E-state index in [0.717, 1.165) is 10.5 Å². The molecule has 3 rings (SSSR count). The number of halogens is 1. The number of thiophene rings is 1. The summed E-state index contributed by atoms with van der Waals surface area (Å²) < 4.78 is 1.92. The van der Waals surface area contributed by atoms with E-state index in [1.807, 2.05) is 6.07 Å². The van der Waals surface area contributed by atoms with Crippen molar-refractivity contribution in [2.75, 3.05) is 5.75 Å². The quantitative estimate of drug-likeness (QED) is 0.492. The predicted molar refractivity (Wildman–Crippen MR) is 98.0 cm³/mol. The number of rotatable bonds is 4. The highest BCUT2D eigenvalue weighted by Crippen LogP contribution is 2.40. The van der Waals surface area contributed by atoms with Gasteiger partial charge in [-0.25, -0.2) is 0 Å². The number of pyridine rings is 1. The van der Waals surface area contributed by atoms with Crippen LogP contribution in [0.25, 0.3) is 10.2 Å². The van der Waals surface area contributed by atoms with Crippen LogP contribution in [0.2, 0.25) is 0 Å². The summed E-state index contributed by atoms with van der Waals surface area (Å²) in [5.41, 5.74) is 0.695. The first kappa shape index (κ1) is 16.8. The summed E-state index contributed by atoms with van der Waals surface area (Å²) in [7, 11) is 0. The Kier molecular flexibility index (Phi) is 4.76. The Labute approximate surface area is 153 Å². The summed E-state index contributed by atoms with van der Waals surface area (Å²) in [6, 6.07) is 10.1. The van der Waals surface area contributed by atoms with Crippen LogP contribution in [0.4, 0.5) is 0 Å². The van der Waals surface area contributed by atoms with E-state index < -0.39 is 5.56 Å². The minimum Gasteiger partial charge on any atom is -0.506 e. The molecule has 1 aromatic carbocycles. The largest absolute Gasteiger partial charge is 0.506 e. The van der Waals surface area contributed by atoms with Gasteiger partial charge in [0.05, 0.1) is 20.2 Å². The molecule has 0 amide bonds. The number of ketones is 1. The van der Waals surface area contributed by atoms with E-state index in [2.05, 4.69) is 20.9 Å². The second kappa shape index (κ2) is 6.81. The van der Waals surface area contributed by atoms with E-state index in [9.17, 15) is 20.0 Å². The lowest BCUT2D eigenvalue weighted by molar-refractivity contribution is 0.102. The van der Waals surface area contributed by atoms with Crippen LogP contribution in [0.3, 0.4) is 0 Å². The van der Waals surface area contributed by atoms with Crippen molar-refractivity contribution in [3.63, 3.8) is 0 Å². The van der Waals surface area contributed by atoms with Crippen molar-refractivity contribution in [1.29, 1.82) is 5.26 Å². The zero-order chi connectivity index (χ0) is 17.3. The van der Waals surface area contributed by atoms with Crippen molar-refractivity contribution in [1.82, 2.24) is 4.98 Å². The molecule has 24 heavy (non-hydrogen) atoms. The van der Waals surface area contributed by atoms with Crippen molar-refractivity contribution >= 4 is 55.0 Å². The molecule has 0 aliphatic carbocycles. The fraction of sp³-hybridized carbons (Fsp3) is 0.0625. The summed E-state index contributed by atoms with van der Waals surface area (Å²) in [4.78, 5) is 26.3. The summed E-state index contributed by atoms with van der Waals surface area (Å²) >= 11 is 5.72. The number of Topliss-reactive ketones (excluding diaryl/α,β-unsaturated/α-hetero) is 1. The number of benzene rings is 1. The van der Waals surface area contributed by atoms with Gasteiger partial charge in [-0.2, -0.15) is 5.26 Å². The molecule has 8 heteroatoms.